The quantitative estimate of drug-likeness (QED) is 0.784. The van der Waals surface area contributed by atoms with Crippen molar-refractivity contribution in [3.8, 4) is 0 Å². The summed E-state index contributed by atoms with van der Waals surface area (Å²) >= 11 is 6.16. The van der Waals surface area contributed by atoms with E-state index >= 15 is 0 Å². The van der Waals surface area contributed by atoms with Crippen LogP contribution >= 0.6 is 11.6 Å². The van der Waals surface area contributed by atoms with Gasteiger partial charge in [0.1, 0.15) is 0 Å². The van der Waals surface area contributed by atoms with E-state index in [1.54, 1.807) is 6.20 Å². The Morgan fingerprint density at radius 2 is 1.80 bits per heavy atom. The lowest BCUT2D eigenvalue weighted by Gasteiger charge is -2.14. The molecule has 2 nitrogen and oxygen atoms in total. The van der Waals surface area contributed by atoms with Crippen LogP contribution in [0.25, 0.3) is 10.8 Å². The van der Waals surface area contributed by atoms with Gasteiger partial charge in [-0.3, -0.25) is 4.98 Å². The van der Waals surface area contributed by atoms with E-state index in [0.29, 0.717) is 5.02 Å². The van der Waals surface area contributed by atoms with Gasteiger partial charge in [-0.15, -0.1) is 0 Å². The molecular formula is C17H15ClN2. The molecule has 0 aliphatic heterocycles. The monoisotopic (exact) mass is 282 g/mol. The molecule has 3 aromatic rings. The Morgan fingerprint density at radius 3 is 2.65 bits per heavy atom. The molecular weight excluding hydrogens is 268 g/mol. The van der Waals surface area contributed by atoms with Crippen LogP contribution in [0.3, 0.4) is 0 Å². The Kier molecular flexibility index (Phi) is 3.68. The Labute approximate surface area is 123 Å². The van der Waals surface area contributed by atoms with E-state index < -0.39 is 0 Å². The second-order valence-electron chi connectivity index (χ2n) is 4.82. The number of fused-ring (bicyclic) bond motifs is 1. The predicted molar refractivity (Wildman–Crippen MR) is 83.8 cm³/mol. The standard InChI is InChI=1S/C17H15ClN2/c18-15-9-4-10-20-17(15)16(19)11-13-7-3-6-12-5-1-2-8-14(12)13/h1-10,16H,11,19H2. The summed E-state index contributed by atoms with van der Waals surface area (Å²) in [5.74, 6) is 0. The summed E-state index contributed by atoms with van der Waals surface area (Å²) < 4.78 is 0. The maximum atomic E-state index is 6.27. The van der Waals surface area contributed by atoms with Crippen LogP contribution in [0.5, 0.6) is 0 Å². The van der Waals surface area contributed by atoms with Gasteiger partial charge in [-0.25, -0.2) is 0 Å². The first-order valence-electron chi connectivity index (χ1n) is 6.58. The summed E-state index contributed by atoms with van der Waals surface area (Å²) in [4.78, 5) is 4.30. The molecule has 100 valence electrons. The molecule has 1 heterocycles. The first-order valence-corrected chi connectivity index (χ1v) is 6.96. The lowest BCUT2D eigenvalue weighted by molar-refractivity contribution is 0.700. The largest absolute Gasteiger partial charge is 0.322 e. The van der Waals surface area contributed by atoms with Crippen LogP contribution in [-0.4, -0.2) is 4.98 Å². The Balaban J connectivity index is 1.96. The molecule has 0 aliphatic carbocycles. The summed E-state index contributed by atoms with van der Waals surface area (Å²) in [5, 5.41) is 3.09. The summed E-state index contributed by atoms with van der Waals surface area (Å²) in [6, 6.07) is 18.0. The zero-order valence-electron chi connectivity index (χ0n) is 11.0. The highest BCUT2D eigenvalue weighted by Gasteiger charge is 2.13. The minimum atomic E-state index is -0.200. The van der Waals surface area contributed by atoms with Gasteiger partial charge in [-0.1, -0.05) is 54.1 Å². The fourth-order valence-electron chi connectivity index (χ4n) is 2.47. The number of nitrogens with two attached hydrogens (primary N) is 1. The zero-order valence-corrected chi connectivity index (χ0v) is 11.7. The smallest absolute Gasteiger partial charge is 0.0760 e. The molecule has 2 N–H and O–H groups in total. The van der Waals surface area contributed by atoms with Crippen molar-refractivity contribution in [2.24, 2.45) is 5.73 Å². The zero-order chi connectivity index (χ0) is 13.9. The van der Waals surface area contributed by atoms with E-state index in [2.05, 4.69) is 35.3 Å². The summed E-state index contributed by atoms with van der Waals surface area (Å²) in [7, 11) is 0. The molecule has 1 unspecified atom stereocenters. The molecule has 0 fully saturated rings. The van der Waals surface area contributed by atoms with E-state index in [0.717, 1.165) is 12.1 Å². The highest BCUT2D eigenvalue weighted by Crippen LogP contribution is 2.25. The molecule has 0 bridgehead atoms. The molecule has 20 heavy (non-hydrogen) atoms. The van der Waals surface area contributed by atoms with Crippen LogP contribution in [-0.2, 0) is 6.42 Å². The van der Waals surface area contributed by atoms with Crippen molar-refractivity contribution < 1.29 is 0 Å². The molecule has 0 amide bonds. The van der Waals surface area contributed by atoms with Gasteiger partial charge >= 0.3 is 0 Å². The fourth-order valence-corrected chi connectivity index (χ4v) is 2.74. The number of pyridine rings is 1. The normalized spacial score (nSPS) is 12.5. The van der Waals surface area contributed by atoms with E-state index in [9.17, 15) is 0 Å². The maximum absolute atomic E-state index is 6.27. The van der Waals surface area contributed by atoms with Gasteiger partial charge in [-0.2, -0.15) is 0 Å². The number of nitrogens with zero attached hydrogens (tertiary/aromatic N) is 1. The van der Waals surface area contributed by atoms with Crippen molar-refractivity contribution in [3.63, 3.8) is 0 Å². The van der Waals surface area contributed by atoms with Gasteiger partial charge in [0.05, 0.1) is 16.8 Å². The van der Waals surface area contributed by atoms with Gasteiger partial charge < -0.3 is 5.73 Å². The number of rotatable bonds is 3. The van der Waals surface area contributed by atoms with Crippen molar-refractivity contribution in [2.45, 2.75) is 12.5 Å². The average molecular weight is 283 g/mol. The van der Waals surface area contributed by atoms with Gasteiger partial charge in [0.15, 0.2) is 0 Å². The van der Waals surface area contributed by atoms with Crippen LogP contribution in [0.4, 0.5) is 0 Å². The predicted octanol–water partition coefficient (Wildman–Crippen LogP) is 4.13. The number of hydrogen-bond donors (Lipinski definition) is 1. The Hall–Kier alpha value is -1.90. The first-order chi connectivity index (χ1) is 9.75. The molecule has 3 rings (SSSR count). The van der Waals surface area contributed by atoms with Crippen LogP contribution < -0.4 is 5.73 Å². The second kappa shape index (κ2) is 5.61. The highest BCUT2D eigenvalue weighted by molar-refractivity contribution is 6.31. The molecule has 0 aliphatic rings. The van der Waals surface area contributed by atoms with E-state index in [-0.39, 0.29) is 6.04 Å². The molecule has 0 saturated heterocycles. The minimum Gasteiger partial charge on any atom is -0.322 e. The third-order valence-corrected chi connectivity index (χ3v) is 3.78. The highest BCUT2D eigenvalue weighted by atomic mass is 35.5. The van der Waals surface area contributed by atoms with Crippen molar-refractivity contribution in [2.75, 3.05) is 0 Å². The van der Waals surface area contributed by atoms with Crippen LogP contribution in [0.1, 0.15) is 17.3 Å². The van der Waals surface area contributed by atoms with Crippen LogP contribution in [0.2, 0.25) is 5.02 Å². The third kappa shape index (κ3) is 2.53. The number of benzene rings is 2. The molecule has 0 saturated carbocycles. The molecule has 1 aromatic heterocycles. The Morgan fingerprint density at radius 1 is 1.00 bits per heavy atom. The fraction of sp³-hybridized carbons (Fsp3) is 0.118. The average Bonchev–Trinajstić information content (AvgIpc) is 2.48. The van der Waals surface area contributed by atoms with Gasteiger partial charge in [-0.05, 0) is 34.9 Å². The number of halogens is 1. The first kappa shape index (κ1) is 13.1. The molecule has 2 aromatic carbocycles. The van der Waals surface area contributed by atoms with E-state index in [4.69, 9.17) is 17.3 Å². The second-order valence-corrected chi connectivity index (χ2v) is 5.23. The van der Waals surface area contributed by atoms with Crippen LogP contribution in [0.15, 0.2) is 60.8 Å². The van der Waals surface area contributed by atoms with Gasteiger partial charge in [0, 0.05) is 6.20 Å². The Bertz CT molecular complexity index is 734. The van der Waals surface area contributed by atoms with Crippen LogP contribution in [0, 0.1) is 0 Å². The van der Waals surface area contributed by atoms with E-state index in [1.165, 1.54) is 16.3 Å². The van der Waals surface area contributed by atoms with Gasteiger partial charge in [0.25, 0.3) is 0 Å². The maximum Gasteiger partial charge on any atom is 0.0760 e. The molecule has 0 radical (unpaired) electrons. The summed E-state index contributed by atoms with van der Waals surface area (Å²) in [6.45, 7) is 0. The summed E-state index contributed by atoms with van der Waals surface area (Å²) in [5.41, 5.74) is 8.24. The number of aromatic nitrogens is 1. The van der Waals surface area contributed by atoms with Crippen molar-refractivity contribution >= 4 is 22.4 Å². The molecule has 0 spiro atoms. The van der Waals surface area contributed by atoms with E-state index in [1.807, 2.05) is 24.3 Å². The third-order valence-electron chi connectivity index (χ3n) is 3.46. The minimum absolute atomic E-state index is 0.200. The van der Waals surface area contributed by atoms with Gasteiger partial charge in [0.2, 0.25) is 0 Å². The summed E-state index contributed by atoms with van der Waals surface area (Å²) in [6.07, 6.45) is 2.45. The lowest BCUT2D eigenvalue weighted by Crippen LogP contribution is -2.15. The number of hydrogen-bond acceptors (Lipinski definition) is 2. The topological polar surface area (TPSA) is 38.9 Å². The van der Waals surface area contributed by atoms with Crippen molar-refractivity contribution in [3.05, 3.63) is 77.1 Å². The van der Waals surface area contributed by atoms with Crippen molar-refractivity contribution in [1.82, 2.24) is 4.98 Å². The SMILES string of the molecule is NC(Cc1cccc2ccccc12)c1ncccc1Cl. The molecule has 1 atom stereocenters. The lowest BCUT2D eigenvalue weighted by atomic mass is 9.97. The molecule has 3 heteroatoms. The van der Waals surface area contributed by atoms with Crippen molar-refractivity contribution in [1.29, 1.82) is 0 Å².